The normalized spacial score (nSPS) is 27.9. The molecule has 4 nitrogen and oxygen atoms in total. The number of amides is 1. The van der Waals surface area contributed by atoms with Crippen molar-refractivity contribution < 1.29 is 9.90 Å². The monoisotopic (exact) mass is 352 g/mol. The van der Waals surface area contributed by atoms with Crippen LogP contribution in [0.2, 0.25) is 0 Å². The summed E-state index contributed by atoms with van der Waals surface area (Å²) in [7, 11) is 0. The van der Waals surface area contributed by atoms with Crippen LogP contribution in [0.5, 0.6) is 0 Å². The lowest BCUT2D eigenvalue weighted by Gasteiger charge is -2.38. The van der Waals surface area contributed by atoms with Gasteiger partial charge in [0.15, 0.2) is 0 Å². The fourth-order valence-electron chi connectivity index (χ4n) is 5.15. The van der Waals surface area contributed by atoms with Crippen LogP contribution in [0, 0.1) is 5.41 Å². The van der Waals surface area contributed by atoms with Crippen molar-refractivity contribution >= 4 is 5.91 Å². The van der Waals surface area contributed by atoms with Crippen LogP contribution < -0.4 is 0 Å². The maximum atomic E-state index is 13.5. The molecule has 1 amide bonds. The van der Waals surface area contributed by atoms with E-state index in [2.05, 4.69) is 17.0 Å². The van der Waals surface area contributed by atoms with E-state index < -0.39 is 5.54 Å². The molecule has 4 heteroatoms. The predicted molar refractivity (Wildman–Crippen MR) is 102 cm³/mol. The van der Waals surface area contributed by atoms with E-state index in [1.54, 1.807) is 0 Å². The Hall–Kier alpha value is -2.07. The van der Waals surface area contributed by atoms with Crippen molar-refractivity contribution in [1.82, 2.24) is 9.47 Å². The maximum Gasteiger partial charge on any atom is 0.248 e. The summed E-state index contributed by atoms with van der Waals surface area (Å²) in [6.07, 6.45) is 7.69. The number of rotatable bonds is 5. The van der Waals surface area contributed by atoms with Crippen LogP contribution in [0.15, 0.2) is 54.9 Å². The number of carbonyl (C=O) groups is 1. The first-order valence-corrected chi connectivity index (χ1v) is 9.59. The highest BCUT2D eigenvalue weighted by atomic mass is 16.3. The Morgan fingerprint density at radius 3 is 2.50 bits per heavy atom. The highest BCUT2D eigenvalue weighted by molar-refractivity contribution is 5.85. The molecule has 2 aliphatic heterocycles. The Morgan fingerprint density at radius 1 is 1.15 bits per heavy atom. The first kappa shape index (κ1) is 17.3. The minimum atomic E-state index is -0.609. The summed E-state index contributed by atoms with van der Waals surface area (Å²) in [6.45, 7) is 4.12. The summed E-state index contributed by atoms with van der Waals surface area (Å²) in [5, 5.41) is 10.3. The number of hydrogen-bond donors (Lipinski definition) is 1. The van der Waals surface area contributed by atoms with Crippen LogP contribution in [-0.4, -0.2) is 39.2 Å². The second kappa shape index (κ2) is 6.27. The van der Waals surface area contributed by atoms with Gasteiger partial charge in [-0.25, -0.2) is 0 Å². The first-order valence-electron chi connectivity index (χ1n) is 9.59. The number of benzene rings is 1. The molecule has 0 spiro atoms. The summed E-state index contributed by atoms with van der Waals surface area (Å²) in [4.78, 5) is 15.6. The molecule has 0 radical (unpaired) electrons. The zero-order valence-corrected chi connectivity index (χ0v) is 15.6. The molecule has 3 atom stereocenters. The molecule has 2 aliphatic rings. The van der Waals surface area contributed by atoms with E-state index in [0.717, 1.165) is 25.7 Å². The molecule has 4 rings (SSSR count). The second-order valence-corrected chi connectivity index (χ2v) is 8.50. The van der Waals surface area contributed by atoms with Gasteiger partial charge in [-0.1, -0.05) is 30.3 Å². The number of aromatic nitrogens is 1. The Kier molecular flexibility index (Phi) is 4.19. The number of carbonyl (C=O) groups excluding carboxylic acids is 1. The minimum Gasteiger partial charge on any atom is -0.396 e. The molecule has 2 aromatic rings. The molecule has 0 unspecified atom stereocenters. The van der Waals surface area contributed by atoms with Crippen molar-refractivity contribution in [3.63, 3.8) is 0 Å². The predicted octanol–water partition coefficient (Wildman–Crippen LogP) is 3.21. The summed E-state index contributed by atoms with van der Waals surface area (Å²) in [5.74, 6) is 0.171. The van der Waals surface area contributed by atoms with Crippen LogP contribution in [0.3, 0.4) is 0 Å². The van der Waals surface area contributed by atoms with E-state index in [1.165, 1.54) is 5.56 Å². The smallest absolute Gasteiger partial charge is 0.248 e. The van der Waals surface area contributed by atoms with Crippen molar-refractivity contribution in [3.8, 4) is 0 Å². The molecule has 1 aromatic carbocycles. The van der Waals surface area contributed by atoms with Gasteiger partial charge in [0.2, 0.25) is 5.91 Å². The SMILES string of the molecule is CC(C)(C(=O)N1[C@H]2CC[C@@H]1[C@@](CO)(Cc1ccccc1)C2)n1cccc1. The van der Waals surface area contributed by atoms with Crippen molar-refractivity contribution in [2.45, 2.75) is 57.2 Å². The van der Waals surface area contributed by atoms with Gasteiger partial charge < -0.3 is 14.6 Å². The van der Waals surface area contributed by atoms with Gasteiger partial charge in [0.1, 0.15) is 5.54 Å². The third-order valence-electron chi connectivity index (χ3n) is 6.57. The Labute approximate surface area is 155 Å². The lowest BCUT2D eigenvalue weighted by Crippen LogP contribution is -2.51. The molecule has 2 saturated heterocycles. The summed E-state index contributed by atoms with van der Waals surface area (Å²) < 4.78 is 1.99. The quantitative estimate of drug-likeness (QED) is 0.898. The number of hydrogen-bond acceptors (Lipinski definition) is 2. The van der Waals surface area contributed by atoms with Gasteiger partial charge in [0, 0.05) is 29.9 Å². The molecule has 2 fully saturated rings. The van der Waals surface area contributed by atoms with Gasteiger partial charge in [0.25, 0.3) is 0 Å². The van der Waals surface area contributed by atoms with E-state index >= 15 is 0 Å². The molecule has 138 valence electrons. The van der Waals surface area contributed by atoms with Crippen molar-refractivity contribution in [3.05, 3.63) is 60.4 Å². The number of aliphatic hydroxyl groups excluding tert-OH is 1. The van der Waals surface area contributed by atoms with Gasteiger partial charge in [-0.2, -0.15) is 0 Å². The molecule has 2 bridgehead atoms. The molecule has 0 aliphatic carbocycles. The highest BCUT2D eigenvalue weighted by Gasteiger charge is 2.58. The summed E-state index contributed by atoms with van der Waals surface area (Å²) in [5.41, 5.74) is 0.418. The largest absolute Gasteiger partial charge is 0.396 e. The molecule has 1 aromatic heterocycles. The Balaban J connectivity index is 1.62. The number of nitrogens with zero attached hydrogens (tertiary/aromatic N) is 2. The van der Waals surface area contributed by atoms with E-state index in [4.69, 9.17) is 0 Å². The van der Waals surface area contributed by atoms with Crippen molar-refractivity contribution in [1.29, 1.82) is 0 Å². The molecular weight excluding hydrogens is 324 g/mol. The Morgan fingerprint density at radius 2 is 1.85 bits per heavy atom. The fourth-order valence-corrected chi connectivity index (χ4v) is 5.15. The van der Waals surface area contributed by atoms with Gasteiger partial charge in [-0.05, 0) is 57.2 Å². The van der Waals surface area contributed by atoms with Crippen molar-refractivity contribution in [2.75, 3.05) is 6.61 Å². The van der Waals surface area contributed by atoms with E-state index in [1.807, 2.05) is 61.1 Å². The van der Waals surface area contributed by atoms with Gasteiger partial charge in [0.05, 0.1) is 6.61 Å². The third kappa shape index (κ3) is 2.59. The molecule has 0 saturated carbocycles. The zero-order valence-electron chi connectivity index (χ0n) is 15.6. The van der Waals surface area contributed by atoms with E-state index in [9.17, 15) is 9.90 Å². The van der Waals surface area contributed by atoms with Crippen LogP contribution in [-0.2, 0) is 16.8 Å². The number of aliphatic hydroxyl groups is 1. The second-order valence-electron chi connectivity index (χ2n) is 8.50. The molecular formula is C22H28N2O2. The van der Waals surface area contributed by atoms with E-state index in [-0.39, 0.29) is 30.0 Å². The first-order chi connectivity index (χ1) is 12.5. The molecule has 26 heavy (non-hydrogen) atoms. The summed E-state index contributed by atoms with van der Waals surface area (Å²) >= 11 is 0. The maximum absolute atomic E-state index is 13.5. The fraction of sp³-hybridized carbons (Fsp3) is 0.500. The lowest BCUT2D eigenvalue weighted by atomic mass is 9.70. The number of fused-ring (bicyclic) bond motifs is 2. The van der Waals surface area contributed by atoms with E-state index in [0.29, 0.717) is 0 Å². The van der Waals surface area contributed by atoms with Gasteiger partial charge >= 0.3 is 0 Å². The van der Waals surface area contributed by atoms with Crippen LogP contribution in [0.1, 0.15) is 38.7 Å². The minimum absolute atomic E-state index is 0.125. The van der Waals surface area contributed by atoms with Gasteiger partial charge in [-0.15, -0.1) is 0 Å². The zero-order chi connectivity index (χ0) is 18.4. The van der Waals surface area contributed by atoms with Crippen LogP contribution >= 0.6 is 0 Å². The average molecular weight is 352 g/mol. The molecule has 1 N–H and O–H groups in total. The highest BCUT2D eigenvalue weighted by Crippen LogP contribution is 2.52. The van der Waals surface area contributed by atoms with Crippen LogP contribution in [0.4, 0.5) is 0 Å². The average Bonchev–Trinajstić information content (AvgIpc) is 3.37. The third-order valence-corrected chi connectivity index (χ3v) is 6.57. The summed E-state index contributed by atoms with van der Waals surface area (Å²) in [6, 6.07) is 14.7. The topological polar surface area (TPSA) is 45.5 Å². The van der Waals surface area contributed by atoms with Crippen molar-refractivity contribution in [2.24, 2.45) is 5.41 Å². The standard InChI is InChI=1S/C22H28N2O2/c1-21(2,23-12-6-7-13-23)20(26)24-18-10-11-19(24)22(15-18,16-25)14-17-8-4-3-5-9-17/h3-9,12-13,18-19,25H,10-11,14-16H2,1-2H3/t18-,19+,22-/m0/s1. The Bertz CT molecular complexity index is 769. The van der Waals surface area contributed by atoms with Crippen LogP contribution in [0.25, 0.3) is 0 Å². The lowest BCUT2D eigenvalue weighted by molar-refractivity contribution is -0.141. The van der Waals surface area contributed by atoms with Gasteiger partial charge in [-0.3, -0.25) is 4.79 Å². The molecule has 3 heterocycles.